The summed E-state index contributed by atoms with van der Waals surface area (Å²) in [6, 6.07) is 8.10. The summed E-state index contributed by atoms with van der Waals surface area (Å²) in [5.41, 5.74) is 0.681. The number of nitro benzene ring substituents is 1. The van der Waals surface area contributed by atoms with Gasteiger partial charge in [-0.1, -0.05) is 0 Å². The molecular weight excluding hydrogens is 320 g/mol. The molecule has 0 unspecified atom stereocenters. The van der Waals surface area contributed by atoms with E-state index in [4.69, 9.17) is 4.74 Å². The molecule has 10 nitrogen and oxygen atoms in total. The highest BCUT2D eigenvalue weighted by molar-refractivity contribution is 5.92. The lowest BCUT2D eigenvalue weighted by Gasteiger charge is -2.07. The number of nitrogens with zero attached hydrogens (tertiary/aromatic N) is 3. The third-order valence-electron chi connectivity index (χ3n) is 2.87. The number of non-ortho nitro benzene ring substituents is 1. The van der Waals surface area contributed by atoms with E-state index >= 15 is 0 Å². The van der Waals surface area contributed by atoms with Crippen LogP contribution >= 0.6 is 0 Å². The largest absolute Gasteiger partial charge is 0.476 e. The van der Waals surface area contributed by atoms with Gasteiger partial charge in [0.05, 0.1) is 4.92 Å². The van der Waals surface area contributed by atoms with Gasteiger partial charge in [0.25, 0.3) is 11.6 Å². The van der Waals surface area contributed by atoms with Crippen LogP contribution in [0.5, 0.6) is 5.75 Å². The molecule has 0 radical (unpaired) electrons. The maximum atomic E-state index is 11.8. The number of carbonyl (C=O) groups is 1. The van der Waals surface area contributed by atoms with Gasteiger partial charge in [-0.25, -0.2) is 0 Å². The van der Waals surface area contributed by atoms with Crippen LogP contribution in [0.25, 0.3) is 0 Å². The fourth-order valence-corrected chi connectivity index (χ4v) is 1.78. The molecule has 1 N–H and O–H groups in total. The average Bonchev–Trinajstić information content (AvgIpc) is 2.54. The molecule has 124 valence electrons. The lowest BCUT2D eigenvalue weighted by molar-refractivity contribution is -0.390. The second kappa shape index (κ2) is 7.13. The first-order valence-corrected chi connectivity index (χ1v) is 6.66. The number of hydrogen-bond acceptors (Lipinski definition) is 7. The van der Waals surface area contributed by atoms with Crippen molar-refractivity contribution in [2.75, 3.05) is 11.9 Å². The summed E-state index contributed by atoms with van der Waals surface area (Å²) in [7, 11) is 0. The van der Waals surface area contributed by atoms with E-state index in [1.807, 2.05) is 0 Å². The predicted octanol–water partition coefficient (Wildman–Crippen LogP) is 2.22. The SMILES string of the molecule is Cc1ccc(OCC(=O)Nc2ccc([N+](=O)[O-])cc2)c([N+](=O)[O-])n1. The number of hydrogen-bond donors (Lipinski definition) is 1. The molecule has 1 aromatic carbocycles. The van der Waals surface area contributed by atoms with Crippen LogP contribution in [0.4, 0.5) is 17.2 Å². The van der Waals surface area contributed by atoms with Gasteiger partial charge in [-0.2, -0.15) is 0 Å². The number of aromatic nitrogens is 1. The minimum atomic E-state index is -0.698. The molecule has 1 heterocycles. The smallest absolute Gasteiger partial charge is 0.406 e. The van der Waals surface area contributed by atoms with Crippen molar-refractivity contribution in [3.05, 3.63) is 62.3 Å². The van der Waals surface area contributed by atoms with Crippen molar-refractivity contribution in [3.63, 3.8) is 0 Å². The molecule has 0 spiro atoms. The molecule has 0 aliphatic heterocycles. The normalized spacial score (nSPS) is 10.0. The Morgan fingerprint density at radius 3 is 2.38 bits per heavy atom. The lowest BCUT2D eigenvalue weighted by atomic mass is 10.3. The number of anilines is 1. The van der Waals surface area contributed by atoms with E-state index in [-0.39, 0.29) is 11.4 Å². The number of ether oxygens (including phenoxy) is 1. The van der Waals surface area contributed by atoms with Crippen LogP contribution in [-0.2, 0) is 4.79 Å². The van der Waals surface area contributed by atoms with Crippen molar-refractivity contribution in [1.82, 2.24) is 4.98 Å². The van der Waals surface area contributed by atoms with E-state index < -0.39 is 28.2 Å². The summed E-state index contributed by atoms with van der Waals surface area (Å²) >= 11 is 0. The molecule has 0 saturated heterocycles. The highest BCUT2D eigenvalue weighted by atomic mass is 16.6. The highest BCUT2D eigenvalue weighted by Crippen LogP contribution is 2.24. The van der Waals surface area contributed by atoms with Crippen molar-refractivity contribution in [2.45, 2.75) is 6.92 Å². The summed E-state index contributed by atoms with van der Waals surface area (Å²) < 4.78 is 5.12. The maximum absolute atomic E-state index is 11.8. The zero-order chi connectivity index (χ0) is 17.7. The van der Waals surface area contributed by atoms with Gasteiger partial charge in [-0.3, -0.25) is 14.9 Å². The van der Waals surface area contributed by atoms with Gasteiger partial charge in [0.15, 0.2) is 6.61 Å². The molecule has 1 amide bonds. The zero-order valence-corrected chi connectivity index (χ0v) is 12.5. The fourth-order valence-electron chi connectivity index (χ4n) is 1.78. The number of amides is 1. The molecular formula is C14H12N4O6. The Morgan fingerprint density at radius 2 is 1.79 bits per heavy atom. The Bertz CT molecular complexity index is 790. The minimum absolute atomic E-state index is 0.106. The minimum Gasteiger partial charge on any atom is -0.476 e. The van der Waals surface area contributed by atoms with Gasteiger partial charge in [0.2, 0.25) is 5.75 Å². The third-order valence-corrected chi connectivity index (χ3v) is 2.87. The Hall–Kier alpha value is -3.56. The first-order chi connectivity index (χ1) is 11.4. The van der Waals surface area contributed by atoms with E-state index in [9.17, 15) is 25.0 Å². The first kappa shape index (κ1) is 16.8. The number of rotatable bonds is 6. The summed E-state index contributed by atoms with van der Waals surface area (Å²) in [6.45, 7) is 1.13. The standard InChI is InChI=1S/C14H12N4O6/c1-9-2-7-12(14(15-9)18(22)23)24-8-13(19)16-10-3-5-11(6-4-10)17(20)21/h2-7H,8H2,1H3,(H,16,19). The topological polar surface area (TPSA) is 138 Å². The van der Waals surface area contributed by atoms with Crippen LogP contribution in [0.15, 0.2) is 36.4 Å². The van der Waals surface area contributed by atoms with Gasteiger partial charge in [-0.15, -0.1) is 0 Å². The quantitative estimate of drug-likeness (QED) is 0.632. The maximum Gasteiger partial charge on any atom is 0.406 e. The number of benzene rings is 1. The van der Waals surface area contributed by atoms with Crippen LogP contribution in [-0.4, -0.2) is 27.3 Å². The van der Waals surface area contributed by atoms with Crippen molar-refractivity contribution >= 4 is 23.1 Å². The number of carbonyl (C=O) groups excluding carboxylic acids is 1. The molecule has 0 aliphatic rings. The van der Waals surface area contributed by atoms with Crippen molar-refractivity contribution in [2.24, 2.45) is 0 Å². The molecule has 2 aromatic rings. The predicted molar refractivity (Wildman–Crippen MR) is 82.8 cm³/mol. The first-order valence-electron chi connectivity index (χ1n) is 6.66. The molecule has 2 rings (SSSR count). The van der Waals surface area contributed by atoms with Crippen LogP contribution in [0, 0.1) is 27.2 Å². The van der Waals surface area contributed by atoms with Gasteiger partial charge in [-0.05, 0) is 34.2 Å². The van der Waals surface area contributed by atoms with Crippen LogP contribution in [0.3, 0.4) is 0 Å². The molecule has 24 heavy (non-hydrogen) atoms. The molecule has 1 aromatic heterocycles. The van der Waals surface area contributed by atoms with Gasteiger partial charge in [0, 0.05) is 24.7 Å². The summed E-state index contributed by atoms with van der Waals surface area (Å²) in [4.78, 5) is 35.7. The van der Waals surface area contributed by atoms with Crippen molar-refractivity contribution < 1.29 is 19.4 Å². The summed E-state index contributed by atoms with van der Waals surface area (Å²) in [6.07, 6.45) is 0. The van der Waals surface area contributed by atoms with Crippen molar-refractivity contribution in [3.8, 4) is 5.75 Å². The second-order valence-electron chi connectivity index (χ2n) is 4.67. The van der Waals surface area contributed by atoms with Crippen molar-refractivity contribution in [1.29, 1.82) is 0 Å². The lowest BCUT2D eigenvalue weighted by Crippen LogP contribution is -2.20. The van der Waals surface area contributed by atoms with E-state index in [2.05, 4.69) is 10.3 Å². The Labute approximate surface area is 135 Å². The zero-order valence-electron chi connectivity index (χ0n) is 12.5. The third kappa shape index (κ3) is 4.22. The van der Waals surface area contributed by atoms with E-state index in [1.165, 1.54) is 36.4 Å². The molecule has 0 bridgehead atoms. The molecule has 0 atom stereocenters. The number of nitrogens with one attached hydrogen (secondary N) is 1. The Morgan fingerprint density at radius 1 is 1.12 bits per heavy atom. The van der Waals surface area contributed by atoms with Gasteiger partial charge < -0.3 is 20.2 Å². The molecule has 10 heteroatoms. The average molecular weight is 332 g/mol. The van der Waals surface area contributed by atoms with Gasteiger partial charge >= 0.3 is 5.82 Å². The summed E-state index contributed by atoms with van der Waals surface area (Å²) in [5.74, 6) is -1.17. The van der Waals surface area contributed by atoms with Crippen LogP contribution < -0.4 is 10.1 Å². The van der Waals surface area contributed by atoms with E-state index in [0.717, 1.165) is 0 Å². The van der Waals surface area contributed by atoms with E-state index in [0.29, 0.717) is 11.4 Å². The summed E-state index contributed by atoms with van der Waals surface area (Å²) in [5, 5.41) is 23.9. The fraction of sp³-hybridized carbons (Fsp3) is 0.143. The second-order valence-corrected chi connectivity index (χ2v) is 4.67. The molecule has 0 saturated carbocycles. The monoisotopic (exact) mass is 332 g/mol. The van der Waals surface area contributed by atoms with Crippen LogP contribution in [0.2, 0.25) is 0 Å². The number of nitro groups is 2. The highest BCUT2D eigenvalue weighted by Gasteiger charge is 2.18. The number of pyridine rings is 1. The van der Waals surface area contributed by atoms with E-state index in [1.54, 1.807) is 6.92 Å². The Balaban J connectivity index is 1.98. The van der Waals surface area contributed by atoms with Crippen LogP contribution in [0.1, 0.15) is 5.69 Å². The Kier molecular flexibility index (Phi) is 5.00. The molecule has 0 aliphatic carbocycles. The van der Waals surface area contributed by atoms with Gasteiger partial charge in [0.1, 0.15) is 5.69 Å². The number of aryl methyl sites for hydroxylation is 1. The molecule has 0 fully saturated rings.